The van der Waals surface area contributed by atoms with Gasteiger partial charge in [-0.3, -0.25) is 9.59 Å². The second-order valence-electron chi connectivity index (χ2n) is 6.26. The quantitative estimate of drug-likeness (QED) is 0.716. The van der Waals surface area contributed by atoms with Crippen molar-refractivity contribution in [1.82, 2.24) is 10.6 Å². The zero-order valence-corrected chi connectivity index (χ0v) is 15.6. The highest BCUT2D eigenvalue weighted by Gasteiger charge is 2.28. The highest BCUT2D eigenvalue weighted by molar-refractivity contribution is 5.85. The van der Waals surface area contributed by atoms with Crippen LogP contribution < -0.4 is 10.6 Å². The molecule has 0 bridgehead atoms. The Kier molecular flexibility index (Phi) is 6.26. The van der Waals surface area contributed by atoms with Gasteiger partial charge in [-0.05, 0) is 29.2 Å². The lowest BCUT2D eigenvalue weighted by Gasteiger charge is -2.14. The first-order chi connectivity index (χ1) is 13.6. The summed E-state index contributed by atoms with van der Waals surface area (Å²) in [6.45, 7) is 1.57. The summed E-state index contributed by atoms with van der Waals surface area (Å²) >= 11 is 0. The topological polar surface area (TPSA) is 93.7 Å². The number of hydrogen-bond donors (Lipinski definition) is 2. The van der Waals surface area contributed by atoms with Crippen LogP contribution in [0.1, 0.15) is 24.0 Å². The molecule has 7 heteroatoms. The second-order valence-corrected chi connectivity index (χ2v) is 6.26. The number of rotatable bonds is 7. The van der Waals surface area contributed by atoms with Crippen LogP contribution in [-0.4, -0.2) is 44.3 Å². The van der Waals surface area contributed by atoms with Crippen molar-refractivity contribution in [2.24, 2.45) is 0 Å². The van der Waals surface area contributed by atoms with Gasteiger partial charge >= 0.3 is 12.1 Å². The number of nitrogens with one attached hydrogen (secondary N) is 2. The van der Waals surface area contributed by atoms with Gasteiger partial charge in [0.05, 0.1) is 6.61 Å². The second kappa shape index (κ2) is 9.03. The highest BCUT2D eigenvalue weighted by Crippen LogP contribution is 2.44. The summed E-state index contributed by atoms with van der Waals surface area (Å²) < 4.78 is 10.0. The number of amides is 2. The first-order valence-corrected chi connectivity index (χ1v) is 9.11. The Morgan fingerprint density at radius 1 is 0.857 bits per heavy atom. The fraction of sp³-hybridized carbons (Fsp3) is 0.286. The number of carbonyl (C=O) groups excluding carboxylic acids is 3. The Hall–Kier alpha value is -3.35. The standard InChI is InChI=1S/C21H22N2O5/c1-2-27-20(25)12-22-19(24)11-23-21(26)28-13-18-16-9-5-3-7-14(16)15-8-4-6-10-17(15)18/h3-10,18H,2,11-13H2,1H3,(H,22,24)(H,23,26). The minimum atomic E-state index is -0.687. The highest BCUT2D eigenvalue weighted by atomic mass is 16.5. The molecule has 2 N–H and O–H groups in total. The number of carbonyl (C=O) groups is 3. The molecule has 2 aromatic rings. The Balaban J connectivity index is 1.50. The SMILES string of the molecule is CCOC(=O)CNC(=O)CNC(=O)OCC1c2ccccc2-c2ccccc21. The molecule has 28 heavy (non-hydrogen) atoms. The molecule has 1 aliphatic rings. The van der Waals surface area contributed by atoms with Crippen LogP contribution in [0.3, 0.4) is 0 Å². The van der Waals surface area contributed by atoms with Crippen molar-refractivity contribution in [2.75, 3.05) is 26.3 Å². The van der Waals surface area contributed by atoms with Gasteiger partial charge in [0.1, 0.15) is 19.7 Å². The van der Waals surface area contributed by atoms with E-state index in [1.165, 1.54) is 0 Å². The monoisotopic (exact) mass is 382 g/mol. The van der Waals surface area contributed by atoms with E-state index >= 15 is 0 Å². The minimum absolute atomic E-state index is 0.0456. The molecule has 7 nitrogen and oxygen atoms in total. The molecule has 1 aliphatic carbocycles. The Bertz CT molecular complexity index is 835. The smallest absolute Gasteiger partial charge is 0.407 e. The molecule has 0 atom stereocenters. The van der Waals surface area contributed by atoms with Crippen molar-refractivity contribution in [1.29, 1.82) is 0 Å². The summed E-state index contributed by atoms with van der Waals surface area (Å²) in [7, 11) is 0. The summed E-state index contributed by atoms with van der Waals surface area (Å²) in [5.41, 5.74) is 4.52. The molecule has 0 unspecified atom stereocenters. The van der Waals surface area contributed by atoms with E-state index in [1.807, 2.05) is 36.4 Å². The number of benzene rings is 2. The maximum atomic E-state index is 12.0. The van der Waals surface area contributed by atoms with E-state index in [4.69, 9.17) is 9.47 Å². The Labute approximate surface area is 163 Å². The van der Waals surface area contributed by atoms with E-state index in [1.54, 1.807) is 6.92 Å². The van der Waals surface area contributed by atoms with Crippen molar-refractivity contribution >= 4 is 18.0 Å². The molecule has 0 radical (unpaired) electrons. The number of esters is 1. The van der Waals surface area contributed by atoms with E-state index in [0.29, 0.717) is 0 Å². The van der Waals surface area contributed by atoms with Crippen molar-refractivity contribution in [3.8, 4) is 11.1 Å². The third-order valence-electron chi connectivity index (χ3n) is 4.47. The van der Waals surface area contributed by atoms with Gasteiger partial charge < -0.3 is 20.1 Å². The molecular weight excluding hydrogens is 360 g/mol. The summed E-state index contributed by atoms with van der Waals surface area (Å²) in [5, 5.41) is 4.75. The molecule has 0 aromatic heterocycles. The summed E-state index contributed by atoms with van der Waals surface area (Å²) in [6.07, 6.45) is -0.687. The fourth-order valence-corrected chi connectivity index (χ4v) is 3.25. The zero-order valence-electron chi connectivity index (χ0n) is 15.6. The van der Waals surface area contributed by atoms with Gasteiger partial charge in [-0.2, -0.15) is 0 Å². The van der Waals surface area contributed by atoms with Crippen LogP contribution in [0.15, 0.2) is 48.5 Å². The summed E-state index contributed by atoms with van der Waals surface area (Å²) in [4.78, 5) is 34.8. The lowest BCUT2D eigenvalue weighted by atomic mass is 9.98. The minimum Gasteiger partial charge on any atom is -0.465 e. The number of hydrogen-bond acceptors (Lipinski definition) is 5. The predicted molar refractivity (Wildman–Crippen MR) is 103 cm³/mol. The van der Waals surface area contributed by atoms with Gasteiger partial charge in [-0.15, -0.1) is 0 Å². The van der Waals surface area contributed by atoms with Crippen LogP contribution in [0.2, 0.25) is 0 Å². The predicted octanol–water partition coefficient (Wildman–Crippen LogP) is 2.20. The lowest BCUT2D eigenvalue weighted by Crippen LogP contribution is -2.39. The van der Waals surface area contributed by atoms with Crippen LogP contribution in [-0.2, 0) is 19.1 Å². The zero-order chi connectivity index (χ0) is 19.9. The number of alkyl carbamates (subject to hydrolysis) is 1. The van der Waals surface area contributed by atoms with Crippen molar-refractivity contribution < 1.29 is 23.9 Å². The largest absolute Gasteiger partial charge is 0.465 e. The van der Waals surface area contributed by atoms with E-state index in [0.717, 1.165) is 22.3 Å². The number of fused-ring (bicyclic) bond motifs is 3. The van der Waals surface area contributed by atoms with Crippen LogP contribution in [0.25, 0.3) is 11.1 Å². The molecule has 2 amide bonds. The van der Waals surface area contributed by atoms with Crippen LogP contribution in [0, 0.1) is 0 Å². The molecule has 2 aromatic carbocycles. The third kappa shape index (κ3) is 4.49. The van der Waals surface area contributed by atoms with Gasteiger partial charge in [-0.1, -0.05) is 48.5 Å². The van der Waals surface area contributed by atoms with Gasteiger partial charge in [0, 0.05) is 5.92 Å². The first kappa shape index (κ1) is 19.4. The molecule has 0 saturated heterocycles. The normalized spacial score (nSPS) is 11.9. The Morgan fingerprint density at radius 3 is 2.07 bits per heavy atom. The van der Waals surface area contributed by atoms with Crippen LogP contribution in [0.4, 0.5) is 4.79 Å². The summed E-state index contributed by atoms with van der Waals surface area (Å²) in [6, 6.07) is 16.1. The molecule has 0 aliphatic heterocycles. The maximum absolute atomic E-state index is 12.0. The molecule has 3 rings (SSSR count). The average molecular weight is 382 g/mol. The molecule has 146 valence electrons. The van der Waals surface area contributed by atoms with E-state index in [-0.39, 0.29) is 32.2 Å². The lowest BCUT2D eigenvalue weighted by molar-refractivity contribution is -0.143. The van der Waals surface area contributed by atoms with Crippen molar-refractivity contribution in [2.45, 2.75) is 12.8 Å². The van der Waals surface area contributed by atoms with E-state index in [2.05, 4.69) is 22.8 Å². The summed E-state index contributed by atoms with van der Waals surface area (Å²) in [5.74, 6) is -1.07. The molecule has 0 heterocycles. The van der Waals surface area contributed by atoms with Gasteiger partial charge in [0.2, 0.25) is 5.91 Å². The van der Waals surface area contributed by atoms with Crippen LogP contribution in [0.5, 0.6) is 0 Å². The first-order valence-electron chi connectivity index (χ1n) is 9.11. The van der Waals surface area contributed by atoms with Crippen molar-refractivity contribution in [3.63, 3.8) is 0 Å². The number of ether oxygens (including phenoxy) is 2. The van der Waals surface area contributed by atoms with E-state index < -0.39 is 18.0 Å². The van der Waals surface area contributed by atoms with Crippen molar-refractivity contribution in [3.05, 3.63) is 59.7 Å². The molecular formula is C21H22N2O5. The fourth-order valence-electron chi connectivity index (χ4n) is 3.25. The molecule has 0 fully saturated rings. The average Bonchev–Trinajstić information content (AvgIpc) is 3.03. The van der Waals surface area contributed by atoms with Gasteiger partial charge in [0.25, 0.3) is 0 Å². The van der Waals surface area contributed by atoms with E-state index in [9.17, 15) is 14.4 Å². The van der Waals surface area contributed by atoms with Crippen LogP contribution >= 0.6 is 0 Å². The third-order valence-corrected chi connectivity index (χ3v) is 4.47. The Morgan fingerprint density at radius 2 is 1.46 bits per heavy atom. The van der Waals surface area contributed by atoms with Gasteiger partial charge in [0.15, 0.2) is 0 Å². The molecule has 0 saturated carbocycles. The van der Waals surface area contributed by atoms with Gasteiger partial charge in [-0.25, -0.2) is 4.79 Å². The maximum Gasteiger partial charge on any atom is 0.407 e. The molecule has 0 spiro atoms.